The predicted octanol–water partition coefficient (Wildman–Crippen LogP) is 2.88. The number of methoxy groups -OCH3 is 1. The first kappa shape index (κ1) is 12.0. The molecule has 18 heavy (non-hydrogen) atoms. The van der Waals surface area contributed by atoms with Crippen LogP contribution >= 0.6 is 0 Å². The van der Waals surface area contributed by atoms with E-state index < -0.39 is 5.82 Å². The van der Waals surface area contributed by atoms with Gasteiger partial charge in [0.05, 0.1) is 19.0 Å². The average Bonchev–Trinajstić information content (AvgIpc) is 2.40. The highest BCUT2D eigenvalue weighted by molar-refractivity contribution is 5.74. The molecule has 2 rings (SSSR count). The highest BCUT2D eigenvalue weighted by atomic mass is 19.1. The number of pyridine rings is 1. The van der Waals surface area contributed by atoms with Crippen LogP contribution in [0, 0.1) is 10.7 Å². The summed E-state index contributed by atoms with van der Waals surface area (Å²) >= 11 is 0. The van der Waals surface area contributed by atoms with Crippen LogP contribution in [0.25, 0.3) is 11.1 Å². The number of nitrogens with two attached hydrogens (primary N) is 1. The average molecular weight is 247 g/mol. The molecule has 0 unspecified atom stereocenters. The number of hydrogen-bond donors (Lipinski definition) is 1. The van der Waals surface area contributed by atoms with E-state index in [1.54, 1.807) is 6.07 Å². The molecule has 0 atom stereocenters. The smallest absolute Gasteiger partial charge is 0.213 e. The number of halogens is 1. The fraction of sp³-hybridized carbons (Fsp3) is 0.0833. The van der Waals surface area contributed by atoms with Crippen LogP contribution in [0.3, 0.4) is 0 Å². The van der Waals surface area contributed by atoms with Gasteiger partial charge in [0.25, 0.3) is 0 Å². The van der Waals surface area contributed by atoms with E-state index in [2.05, 4.69) is 10.2 Å². The third kappa shape index (κ3) is 2.13. The van der Waals surface area contributed by atoms with Crippen molar-refractivity contribution < 1.29 is 9.13 Å². The van der Waals surface area contributed by atoms with Crippen LogP contribution in [-0.2, 0) is 0 Å². The number of anilines is 1. The second kappa shape index (κ2) is 4.79. The van der Waals surface area contributed by atoms with Gasteiger partial charge in [0.2, 0.25) is 5.88 Å². The van der Waals surface area contributed by atoms with Crippen molar-refractivity contribution in [1.29, 1.82) is 0 Å². The molecule has 0 aliphatic carbocycles. The summed E-state index contributed by atoms with van der Waals surface area (Å²) < 4.78 is 18.6. The van der Waals surface area contributed by atoms with Crippen molar-refractivity contribution in [2.75, 3.05) is 12.8 Å². The summed E-state index contributed by atoms with van der Waals surface area (Å²) in [6.07, 6.45) is 1.05. The van der Waals surface area contributed by atoms with Crippen molar-refractivity contribution in [3.8, 4) is 17.0 Å². The van der Waals surface area contributed by atoms with E-state index in [4.69, 9.17) is 10.5 Å². The summed E-state index contributed by atoms with van der Waals surface area (Å²) in [5, 5.41) is 2.78. The van der Waals surface area contributed by atoms with Gasteiger partial charge in [-0.25, -0.2) is 9.37 Å². The van der Waals surface area contributed by atoms with Crippen LogP contribution in [0.1, 0.15) is 0 Å². The Morgan fingerprint density at radius 2 is 2.17 bits per heavy atom. The minimum atomic E-state index is -0.516. The summed E-state index contributed by atoms with van der Waals surface area (Å²) in [4.78, 5) is 14.3. The van der Waals surface area contributed by atoms with Crippen LogP contribution in [0.5, 0.6) is 5.88 Å². The van der Waals surface area contributed by atoms with Gasteiger partial charge in [-0.15, -0.1) is 4.91 Å². The highest BCUT2D eigenvalue weighted by Gasteiger charge is 2.10. The standard InChI is InChI=1S/C12H10FN3O2/c1-18-12-5-8(9(13)6-15-12)7-2-3-10(14)11(4-7)16-17/h2-6H,14H2,1H3. The van der Waals surface area contributed by atoms with Crippen LogP contribution < -0.4 is 10.5 Å². The van der Waals surface area contributed by atoms with Gasteiger partial charge >= 0.3 is 0 Å². The third-order valence-corrected chi connectivity index (χ3v) is 2.48. The van der Waals surface area contributed by atoms with Crippen molar-refractivity contribution in [3.63, 3.8) is 0 Å². The molecule has 0 aliphatic heterocycles. The SMILES string of the molecule is COc1cc(-c2ccc(N)c(N=O)c2)c(F)cn1. The van der Waals surface area contributed by atoms with Crippen molar-refractivity contribution in [2.24, 2.45) is 5.18 Å². The number of nitroso groups, excluding NO2 is 1. The van der Waals surface area contributed by atoms with E-state index in [9.17, 15) is 9.30 Å². The molecule has 0 aliphatic rings. The van der Waals surface area contributed by atoms with Gasteiger partial charge in [0.1, 0.15) is 11.5 Å². The number of ether oxygens (including phenoxy) is 1. The molecule has 0 saturated heterocycles. The molecule has 0 saturated carbocycles. The number of aromatic nitrogens is 1. The van der Waals surface area contributed by atoms with E-state index in [1.165, 1.54) is 25.3 Å². The molecule has 1 heterocycles. The van der Waals surface area contributed by atoms with Gasteiger partial charge in [0.15, 0.2) is 0 Å². The topological polar surface area (TPSA) is 77.6 Å². The van der Waals surface area contributed by atoms with Crippen LogP contribution in [0.2, 0.25) is 0 Å². The Hall–Kier alpha value is -2.50. The molecule has 5 nitrogen and oxygen atoms in total. The Kier molecular flexibility index (Phi) is 3.18. The largest absolute Gasteiger partial charge is 0.481 e. The third-order valence-electron chi connectivity index (χ3n) is 2.48. The Morgan fingerprint density at radius 3 is 2.83 bits per heavy atom. The fourth-order valence-electron chi connectivity index (χ4n) is 1.54. The first-order chi connectivity index (χ1) is 8.65. The minimum Gasteiger partial charge on any atom is -0.481 e. The molecule has 0 bridgehead atoms. The second-order valence-corrected chi connectivity index (χ2v) is 3.57. The quantitative estimate of drug-likeness (QED) is 0.668. The van der Waals surface area contributed by atoms with Crippen molar-refractivity contribution in [2.45, 2.75) is 0 Å². The number of benzene rings is 1. The van der Waals surface area contributed by atoms with E-state index in [-0.39, 0.29) is 22.8 Å². The van der Waals surface area contributed by atoms with Crippen LogP contribution in [-0.4, -0.2) is 12.1 Å². The number of nitrogens with zero attached hydrogens (tertiary/aromatic N) is 2. The summed E-state index contributed by atoms with van der Waals surface area (Å²) in [7, 11) is 1.44. The number of hydrogen-bond acceptors (Lipinski definition) is 5. The molecule has 0 spiro atoms. The lowest BCUT2D eigenvalue weighted by Crippen LogP contribution is -1.92. The number of nitrogen functional groups attached to an aromatic ring is 1. The maximum absolute atomic E-state index is 13.7. The zero-order valence-electron chi connectivity index (χ0n) is 9.55. The summed E-state index contributed by atoms with van der Waals surface area (Å²) in [5.74, 6) is -0.235. The molecule has 0 radical (unpaired) electrons. The molecule has 1 aromatic heterocycles. The van der Waals surface area contributed by atoms with Gasteiger partial charge in [-0.1, -0.05) is 6.07 Å². The van der Waals surface area contributed by atoms with Crippen LogP contribution in [0.4, 0.5) is 15.8 Å². The Balaban J connectivity index is 2.57. The molecule has 92 valence electrons. The lowest BCUT2D eigenvalue weighted by atomic mass is 10.1. The molecule has 0 amide bonds. The molecule has 1 aromatic carbocycles. The first-order valence-electron chi connectivity index (χ1n) is 5.08. The van der Waals surface area contributed by atoms with Crippen molar-refractivity contribution >= 4 is 11.4 Å². The van der Waals surface area contributed by atoms with Gasteiger partial charge in [-0.05, 0) is 22.9 Å². The first-order valence-corrected chi connectivity index (χ1v) is 5.08. The zero-order chi connectivity index (χ0) is 13.1. The van der Waals surface area contributed by atoms with Crippen molar-refractivity contribution in [3.05, 3.63) is 41.2 Å². The van der Waals surface area contributed by atoms with Gasteiger partial charge < -0.3 is 10.5 Å². The Bertz CT molecular complexity index is 602. The molecule has 2 aromatic rings. The fourth-order valence-corrected chi connectivity index (χ4v) is 1.54. The Labute approximate surface area is 102 Å². The predicted molar refractivity (Wildman–Crippen MR) is 66.1 cm³/mol. The minimum absolute atomic E-state index is 0.0719. The van der Waals surface area contributed by atoms with Crippen molar-refractivity contribution in [1.82, 2.24) is 4.98 Å². The summed E-state index contributed by atoms with van der Waals surface area (Å²) in [6.45, 7) is 0. The lowest BCUT2D eigenvalue weighted by Gasteiger charge is -2.06. The van der Waals surface area contributed by atoms with E-state index in [0.29, 0.717) is 5.56 Å². The molecular weight excluding hydrogens is 237 g/mol. The monoisotopic (exact) mass is 247 g/mol. The molecule has 0 fully saturated rings. The van der Waals surface area contributed by atoms with E-state index >= 15 is 0 Å². The summed E-state index contributed by atoms with van der Waals surface area (Å²) in [5.41, 5.74) is 6.62. The van der Waals surface area contributed by atoms with Gasteiger partial charge in [-0.2, -0.15) is 0 Å². The Morgan fingerprint density at radius 1 is 1.39 bits per heavy atom. The molecule has 6 heteroatoms. The van der Waals surface area contributed by atoms with E-state index in [1.807, 2.05) is 0 Å². The second-order valence-electron chi connectivity index (χ2n) is 3.57. The van der Waals surface area contributed by atoms with Gasteiger partial charge in [0, 0.05) is 11.6 Å². The lowest BCUT2D eigenvalue weighted by molar-refractivity contribution is 0.396. The summed E-state index contributed by atoms with van der Waals surface area (Å²) in [6, 6.07) is 5.95. The van der Waals surface area contributed by atoms with Crippen LogP contribution in [0.15, 0.2) is 35.6 Å². The maximum atomic E-state index is 13.7. The van der Waals surface area contributed by atoms with E-state index in [0.717, 1.165) is 6.20 Å². The molecular formula is C12H10FN3O2. The number of rotatable bonds is 3. The highest BCUT2D eigenvalue weighted by Crippen LogP contribution is 2.31. The zero-order valence-corrected chi connectivity index (χ0v) is 9.55. The normalized spacial score (nSPS) is 10.1. The van der Waals surface area contributed by atoms with Gasteiger partial charge in [-0.3, -0.25) is 0 Å². The molecule has 2 N–H and O–H groups in total. The maximum Gasteiger partial charge on any atom is 0.213 e.